The van der Waals surface area contributed by atoms with Crippen LogP contribution < -0.4 is 20.1 Å². The summed E-state index contributed by atoms with van der Waals surface area (Å²) in [6, 6.07) is 16.0. The fraction of sp³-hybridized carbons (Fsp3) is 0.409. The Hall–Kier alpha value is -2.57. The highest BCUT2D eigenvalue weighted by molar-refractivity contribution is 5.78. The van der Waals surface area contributed by atoms with Gasteiger partial charge in [0.2, 0.25) is 5.91 Å². The van der Waals surface area contributed by atoms with Crippen molar-refractivity contribution >= 4 is 5.91 Å². The van der Waals surface area contributed by atoms with Crippen LogP contribution in [0.3, 0.4) is 0 Å². The standard InChI is InChI=1S/C22H29N3O3/c1-17-6-5-7-18(14-17)28-13-11-24-22(26)16-25-12-10-23-15-20(25)19-8-3-4-9-21(19)27-2/h3-9,14,20,23H,10-13,15-16H2,1-2H3,(H,24,26). The number of benzene rings is 2. The first-order chi connectivity index (χ1) is 13.7. The predicted octanol–water partition coefficient (Wildman–Crippen LogP) is 2.15. The Morgan fingerprint density at radius 2 is 2.11 bits per heavy atom. The van der Waals surface area contributed by atoms with Crippen LogP contribution in [0.25, 0.3) is 0 Å². The van der Waals surface area contributed by atoms with Gasteiger partial charge in [-0.1, -0.05) is 30.3 Å². The Morgan fingerprint density at radius 1 is 1.25 bits per heavy atom. The van der Waals surface area contributed by atoms with Crippen molar-refractivity contribution in [3.63, 3.8) is 0 Å². The van der Waals surface area contributed by atoms with Crippen LogP contribution in [0.15, 0.2) is 48.5 Å². The highest BCUT2D eigenvalue weighted by Crippen LogP contribution is 2.29. The molecule has 0 bridgehead atoms. The number of nitrogens with zero attached hydrogens (tertiary/aromatic N) is 1. The summed E-state index contributed by atoms with van der Waals surface area (Å²) in [7, 11) is 1.68. The maximum Gasteiger partial charge on any atom is 0.234 e. The number of aryl methyl sites for hydroxylation is 1. The number of carbonyl (C=O) groups is 1. The molecule has 1 fully saturated rings. The van der Waals surface area contributed by atoms with Gasteiger partial charge in [-0.2, -0.15) is 0 Å². The van der Waals surface area contributed by atoms with Crippen LogP contribution in [0, 0.1) is 6.92 Å². The van der Waals surface area contributed by atoms with Crippen molar-refractivity contribution in [1.29, 1.82) is 0 Å². The van der Waals surface area contributed by atoms with Crippen LogP contribution in [-0.4, -0.2) is 57.2 Å². The molecule has 1 heterocycles. The number of nitrogens with one attached hydrogen (secondary N) is 2. The van der Waals surface area contributed by atoms with Crippen LogP contribution in [0.5, 0.6) is 11.5 Å². The van der Waals surface area contributed by atoms with Gasteiger partial charge in [0, 0.05) is 25.2 Å². The third-order valence-corrected chi connectivity index (χ3v) is 4.88. The van der Waals surface area contributed by atoms with Crippen molar-refractivity contribution in [2.45, 2.75) is 13.0 Å². The molecule has 2 aromatic carbocycles. The lowest BCUT2D eigenvalue weighted by atomic mass is 10.0. The van der Waals surface area contributed by atoms with Crippen LogP contribution in [-0.2, 0) is 4.79 Å². The molecule has 0 saturated carbocycles. The number of para-hydroxylation sites is 1. The zero-order valence-corrected chi connectivity index (χ0v) is 16.6. The molecule has 1 aliphatic rings. The molecule has 6 heteroatoms. The molecule has 6 nitrogen and oxygen atoms in total. The third-order valence-electron chi connectivity index (χ3n) is 4.88. The average Bonchev–Trinajstić information content (AvgIpc) is 2.72. The molecular formula is C22H29N3O3. The van der Waals surface area contributed by atoms with Gasteiger partial charge < -0.3 is 20.1 Å². The van der Waals surface area contributed by atoms with Gasteiger partial charge in [-0.15, -0.1) is 0 Å². The number of methoxy groups -OCH3 is 1. The van der Waals surface area contributed by atoms with Crippen molar-refractivity contribution in [2.24, 2.45) is 0 Å². The number of amides is 1. The quantitative estimate of drug-likeness (QED) is 0.684. The van der Waals surface area contributed by atoms with Crippen molar-refractivity contribution < 1.29 is 14.3 Å². The number of hydrogen-bond acceptors (Lipinski definition) is 5. The first kappa shape index (κ1) is 20.2. The number of rotatable bonds is 8. The van der Waals surface area contributed by atoms with E-state index in [1.165, 1.54) is 0 Å². The molecular weight excluding hydrogens is 354 g/mol. The Balaban J connectivity index is 1.50. The number of piperazine rings is 1. The van der Waals surface area contributed by atoms with Crippen molar-refractivity contribution in [3.05, 3.63) is 59.7 Å². The predicted molar refractivity (Wildman–Crippen MR) is 110 cm³/mol. The second-order valence-corrected chi connectivity index (χ2v) is 6.95. The van der Waals surface area contributed by atoms with Gasteiger partial charge in [0.25, 0.3) is 0 Å². The van der Waals surface area contributed by atoms with Gasteiger partial charge in [-0.05, 0) is 30.7 Å². The fourth-order valence-electron chi connectivity index (χ4n) is 3.49. The van der Waals surface area contributed by atoms with Crippen LogP contribution in [0.4, 0.5) is 0 Å². The minimum atomic E-state index is 0.00893. The van der Waals surface area contributed by atoms with E-state index in [9.17, 15) is 4.79 Å². The minimum absolute atomic E-state index is 0.00893. The van der Waals surface area contributed by atoms with Crippen molar-refractivity contribution in [1.82, 2.24) is 15.5 Å². The molecule has 2 N–H and O–H groups in total. The molecule has 3 rings (SSSR count). The maximum absolute atomic E-state index is 12.4. The third kappa shape index (κ3) is 5.47. The van der Waals surface area contributed by atoms with Crippen molar-refractivity contribution in [3.8, 4) is 11.5 Å². The molecule has 0 spiro atoms. The Labute approximate surface area is 166 Å². The van der Waals surface area contributed by atoms with E-state index in [2.05, 4.69) is 21.6 Å². The summed E-state index contributed by atoms with van der Waals surface area (Å²) in [4.78, 5) is 14.6. The number of carbonyl (C=O) groups excluding carboxylic acids is 1. The minimum Gasteiger partial charge on any atom is -0.496 e. The highest BCUT2D eigenvalue weighted by Gasteiger charge is 2.27. The summed E-state index contributed by atoms with van der Waals surface area (Å²) in [5.74, 6) is 1.69. The van der Waals surface area contributed by atoms with E-state index in [1.54, 1.807) is 7.11 Å². The average molecular weight is 383 g/mol. The van der Waals surface area contributed by atoms with E-state index in [0.717, 1.165) is 42.3 Å². The lowest BCUT2D eigenvalue weighted by molar-refractivity contribution is -0.123. The summed E-state index contributed by atoms with van der Waals surface area (Å²) in [6.45, 7) is 5.80. The molecule has 0 aliphatic carbocycles. The van der Waals surface area contributed by atoms with Gasteiger partial charge >= 0.3 is 0 Å². The van der Waals surface area contributed by atoms with E-state index < -0.39 is 0 Å². The Morgan fingerprint density at radius 3 is 2.93 bits per heavy atom. The van der Waals surface area contributed by atoms with Gasteiger partial charge in [0.15, 0.2) is 0 Å². The summed E-state index contributed by atoms with van der Waals surface area (Å²) in [5, 5.41) is 6.37. The molecule has 28 heavy (non-hydrogen) atoms. The van der Waals surface area contributed by atoms with E-state index >= 15 is 0 Å². The lowest BCUT2D eigenvalue weighted by Crippen LogP contribution is -2.49. The molecule has 0 radical (unpaired) electrons. The smallest absolute Gasteiger partial charge is 0.234 e. The van der Waals surface area contributed by atoms with E-state index in [4.69, 9.17) is 9.47 Å². The highest BCUT2D eigenvalue weighted by atomic mass is 16.5. The summed E-state index contributed by atoms with van der Waals surface area (Å²) in [5.41, 5.74) is 2.26. The zero-order valence-electron chi connectivity index (χ0n) is 16.6. The Kier molecular flexibility index (Phi) is 7.28. The second-order valence-electron chi connectivity index (χ2n) is 6.95. The van der Waals surface area contributed by atoms with Crippen LogP contribution >= 0.6 is 0 Å². The first-order valence-corrected chi connectivity index (χ1v) is 9.71. The molecule has 0 aromatic heterocycles. The second kappa shape index (κ2) is 10.1. The number of ether oxygens (including phenoxy) is 2. The molecule has 2 aromatic rings. The maximum atomic E-state index is 12.4. The topological polar surface area (TPSA) is 62.8 Å². The fourth-order valence-corrected chi connectivity index (χ4v) is 3.49. The summed E-state index contributed by atoms with van der Waals surface area (Å²) in [6.07, 6.45) is 0. The van der Waals surface area contributed by atoms with Gasteiger partial charge in [-0.3, -0.25) is 9.69 Å². The van der Waals surface area contributed by atoms with Crippen molar-refractivity contribution in [2.75, 3.05) is 46.4 Å². The molecule has 1 saturated heterocycles. The van der Waals surface area contributed by atoms with E-state index in [1.807, 2.05) is 49.4 Å². The zero-order chi connectivity index (χ0) is 19.8. The largest absolute Gasteiger partial charge is 0.496 e. The van der Waals surface area contributed by atoms with E-state index in [0.29, 0.717) is 19.7 Å². The van der Waals surface area contributed by atoms with Crippen LogP contribution in [0.2, 0.25) is 0 Å². The lowest BCUT2D eigenvalue weighted by Gasteiger charge is -2.36. The Bertz CT molecular complexity index is 781. The van der Waals surface area contributed by atoms with E-state index in [-0.39, 0.29) is 11.9 Å². The SMILES string of the molecule is COc1ccccc1C1CNCCN1CC(=O)NCCOc1cccc(C)c1. The molecule has 150 valence electrons. The monoisotopic (exact) mass is 383 g/mol. The van der Waals surface area contributed by atoms with Gasteiger partial charge in [-0.25, -0.2) is 0 Å². The molecule has 1 amide bonds. The summed E-state index contributed by atoms with van der Waals surface area (Å²) < 4.78 is 11.2. The summed E-state index contributed by atoms with van der Waals surface area (Å²) >= 11 is 0. The van der Waals surface area contributed by atoms with Gasteiger partial charge in [0.05, 0.1) is 26.2 Å². The van der Waals surface area contributed by atoms with Gasteiger partial charge in [0.1, 0.15) is 18.1 Å². The number of hydrogen-bond donors (Lipinski definition) is 2. The first-order valence-electron chi connectivity index (χ1n) is 9.71. The normalized spacial score (nSPS) is 17.1. The molecule has 1 aliphatic heterocycles. The van der Waals surface area contributed by atoms with Crippen LogP contribution in [0.1, 0.15) is 17.2 Å². The molecule has 1 unspecified atom stereocenters. The molecule has 1 atom stereocenters.